The van der Waals surface area contributed by atoms with Gasteiger partial charge in [0.25, 0.3) is 0 Å². The molecule has 3 N–H and O–H groups in total. The molecular weight excluding hydrogens is 434 g/mol. The fourth-order valence-corrected chi connectivity index (χ4v) is 5.02. The van der Waals surface area contributed by atoms with E-state index in [1.165, 1.54) is 12.1 Å². The van der Waals surface area contributed by atoms with Crippen molar-refractivity contribution < 1.29 is 17.9 Å². The number of hydrogen-bond donors (Lipinski definition) is 3. The Morgan fingerprint density at radius 1 is 1.03 bits per heavy atom. The Kier molecular flexibility index (Phi) is 8.00. The van der Waals surface area contributed by atoms with Gasteiger partial charge in [0.2, 0.25) is 15.9 Å². The molecule has 1 amide bonds. The van der Waals surface area contributed by atoms with Gasteiger partial charge in [-0.05, 0) is 67.0 Å². The minimum atomic E-state index is -3.55. The molecule has 0 heterocycles. The first-order valence-electron chi connectivity index (χ1n) is 10.2. The molecule has 0 saturated heterocycles. The lowest BCUT2D eigenvalue weighted by Gasteiger charge is -2.22. The molecule has 0 aromatic heterocycles. The molecule has 0 aliphatic heterocycles. The zero-order valence-corrected chi connectivity index (χ0v) is 19.0. The molecule has 9 heteroatoms. The van der Waals surface area contributed by atoms with E-state index in [2.05, 4.69) is 15.4 Å². The number of benzene rings is 2. The molecule has 2 aromatic rings. The number of carbonyl (C=O) groups excluding carboxylic acids is 1. The summed E-state index contributed by atoms with van der Waals surface area (Å²) >= 11 is 5.19. The maximum absolute atomic E-state index is 12.6. The highest BCUT2D eigenvalue weighted by Crippen LogP contribution is 2.21. The van der Waals surface area contributed by atoms with Gasteiger partial charge in [-0.25, -0.2) is 13.1 Å². The van der Waals surface area contributed by atoms with Crippen LogP contribution in [0.2, 0.25) is 0 Å². The van der Waals surface area contributed by atoms with Crippen LogP contribution in [0.4, 0.5) is 5.69 Å². The molecule has 0 bridgehead atoms. The van der Waals surface area contributed by atoms with Gasteiger partial charge < -0.3 is 15.4 Å². The Labute approximate surface area is 188 Å². The van der Waals surface area contributed by atoms with Crippen LogP contribution in [0.1, 0.15) is 37.7 Å². The lowest BCUT2D eigenvalue weighted by atomic mass is 9.96. The van der Waals surface area contributed by atoms with E-state index in [4.69, 9.17) is 17.0 Å². The van der Waals surface area contributed by atoms with Gasteiger partial charge in [-0.2, -0.15) is 0 Å². The standard InChI is InChI=1S/C22H27N3O4S2/c1-29-19-11-7-16(8-12-19)15-21(26)24-22(30)23-17-9-13-20(14-10-17)31(27,28)25-18-5-3-2-4-6-18/h7-14,18,25H,2-6,15H2,1H3,(H2,23,24,26,30). The minimum Gasteiger partial charge on any atom is -0.497 e. The largest absolute Gasteiger partial charge is 0.497 e. The smallest absolute Gasteiger partial charge is 0.240 e. The van der Waals surface area contributed by atoms with Gasteiger partial charge in [-0.1, -0.05) is 31.4 Å². The molecule has 1 fully saturated rings. The third kappa shape index (κ3) is 7.02. The number of hydrogen-bond acceptors (Lipinski definition) is 5. The maximum Gasteiger partial charge on any atom is 0.240 e. The molecule has 0 unspecified atom stereocenters. The topological polar surface area (TPSA) is 96.5 Å². The Morgan fingerprint density at radius 2 is 1.68 bits per heavy atom. The monoisotopic (exact) mass is 461 g/mol. The second-order valence-corrected chi connectivity index (χ2v) is 9.63. The number of amides is 1. The van der Waals surface area contributed by atoms with E-state index < -0.39 is 10.0 Å². The van der Waals surface area contributed by atoms with Gasteiger partial charge in [-0.15, -0.1) is 0 Å². The average molecular weight is 462 g/mol. The van der Waals surface area contributed by atoms with E-state index >= 15 is 0 Å². The Morgan fingerprint density at radius 3 is 2.29 bits per heavy atom. The Balaban J connectivity index is 1.51. The lowest BCUT2D eigenvalue weighted by Crippen LogP contribution is -2.36. The molecule has 0 spiro atoms. The van der Waals surface area contributed by atoms with Gasteiger partial charge in [0.15, 0.2) is 5.11 Å². The third-order valence-corrected chi connectivity index (χ3v) is 6.87. The van der Waals surface area contributed by atoms with Crippen LogP contribution in [0.25, 0.3) is 0 Å². The maximum atomic E-state index is 12.6. The van der Waals surface area contributed by atoms with Crippen molar-refractivity contribution in [3.63, 3.8) is 0 Å². The van der Waals surface area contributed by atoms with Crippen LogP contribution >= 0.6 is 12.2 Å². The van der Waals surface area contributed by atoms with Crippen LogP contribution in [-0.2, 0) is 21.2 Å². The van der Waals surface area contributed by atoms with Crippen LogP contribution in [0.5, 0.6) is 5.75 Å². The van der Waals surface area contributed by atoms with Crippen molar-refractivity contribution in [3.05, 3.63) is 54.1 Å². The summed E-state index contributed by atoms with van der Waals surface area (Å²) < 4.78 is 33.0. The second-order valence-electron chi connectivity index (χ2n) is 7.51. The van der Waals surface area contributed by atoms with Gasteiger partial charge in [0, 0.05) is 11.7 Å². The fraction of sp³-hybridized carbons (Fsp3) is 0.364. The van der Waals surface area contributed by atoms with Crippen molar-refractivity contribution in [2.75, 3.05) is 12.4 Å². The first kappa shape index (κ1) is 23.2. The van der Waals surface area contributed by atoms with Crippen molar-refractivity contribution in [1.82, 2.24) is 10.0 Å². The van der Waals surface area contributed by atoms with Gasteiger partial charge in [0.1, 0.15) is 5.75 Å². The SMILES string of the molecule is COc1ccc(CC(=O)NC(=S)Nc2ccc(S(=O)(=O)NC3CCCCC3)cc2)cc1. The van der Waals surface area contributed by atoms with Crippen molar-refractivity contribution in [1.29, 1.82) is 0 Å². The third-order valence-electron chi connectivity index (χ3n) is 5.13. The van der Waals surface area contributed by atoms with Crippen molar-refractivity contribution in [2.45, 2.75) is 49.5 Å². The summed E-state index contributed by atoms with van der Waals surface area (Å²) in [5, 5.41) is 5.67. The molecule has 2 aromatic carbocycles. The second kappa shape index (κ2) is 10.7. The van der Waals surface area contributed by atoms with E-state index in [-0.39, 0.29) is 28.4 Å². The summed E-state index contributed by atoms with van der Waals surface area (Å²) in [6.07, 6.45) is 5.20. The Hall–Kier alpha value is -2.49. The number of thiocarbonyl (C=S) groups is 1. The minimum absolute atomic E-state index is 0.00467. The molecule has 166 valence electrons. The quantitative estimate of drug-likeness (QED) is 0.547. The molecule has 3 rings (SSSR count). The van der Waals surface area contributed by atoms with Crippen molar-refractivity contribution in [3.8, 4) is 5.75 Å². The molecule has 1 aliphatic rings. The van der Waals surface area contributed by atoms with Gasteiger partial charge in [-0.3, -0.25) is 4.79 Å². The number of ether oxygens (including phenoxy) is 1. The summed E-state index contributed by atoms with van der Waals surface area (Å²) in [6.45, 7) is 0. The number of nitrogens with one attached hydrogen (secondary N) is 3. The van der Waals surface area contributed by atoms with E-state index in [1.54, 1.807) is 31.4 Å². The summed E-state index contributed by atoms with van der Waals surface area (Å²) in [6, 6.07) is 13.5. The number of rotatable bonds is 7. The summed E-state index contributed by atoms with van der Waals surface area (Å²) in [4.78, 5) is 12.4. The molecule has 0 radical (unpaired) electrons. The number of anilines is 1. The molecule has 31 heavy (non-hydrogen) atoms. The van der Waals surface area contributed by atoms with E-state index in [1.807, 2.05) is 12.1 Å². The predicted molar refractivity (Wildman–Crippen MR) is 125 cm³/mol. The van der Waals surface area contributed by atoms with Crippen LogP contribution < -0.4 is 20.1 Å². The summed E-state index contributed by atoms with van der Waals surface area (Å²) in [7, 11) is -1.97. The van der Waals surface area contributed by atoms with Crippen LogP contribution in [0, 0.1) is 0 Å². The fourth-order valence-electron chi connectivity index (χ4n) is 3.49. The number of sulfonamides is 1. The summed E-state index contributed by atoms with van der Waals surface area (Å²) in [5.41, 5.74) is 1.42. The molecule has 0 atom stereocenters. The normalized spacial score (nSPS) is 14.6. The van der Waals surface area contributed by atoms with E-state index in [9.17, 15) is 13.2 Å². The Bertz CT molecular complexity index is 1000. The lowest BCUT2D eigenvalue weighted by molar-refractivity contribution is -0.119. The zero-order valence-electron chi connectivity index (χ0n) is 17.4. The van der Waals surface area contributed by atoms with Crippen molar-refractivity contribution >= 4 is 38.9 Å². The first-order valence-corrected chi connectivity index (χ1v) is 12.1. The number of methoxy groups -OCH3 is 1. The number of carbonyl (C=O) groups is 1. The average Bonchev–Trinajstić information content (AvgIpc) is 2.75. The highest BCUT2D eigenvalue weighted by molar-refractivity contribution is 7.89. The molecule has 1 aliphatic carbocycles. The summed E-state index contributed by atoms with van der Waals surface area (Å²) in [5.74, 6) is 0.472. The van der Waals surface area contributed by atoms with Crippen LogP contribution in [0.15, 0.2) is 53.4 Å². The van der Waals surface area contributed by atoms with Gasteiger partial charge in [0.05, 0.1) is 18.4 Å². The zero-order chi connectivity index (χ0) is 22.3. The van der Waals surface area contributed by atoms with E-state index in [0.29, 0.717) is 5.69 Å². The first-order chi connectivity index (χ1) is 14.9. The molecular formula is C22H27N3O4S2. The van der Waals surface area contributed by atoms with Crippen molar-refractivity contribution in [2.24, 2.45) is 0 Å². The predicted octanol–water partition coefficient (Wildman–Crippen LogP) is 3.36. The highest BCUT2D eigenvalue weighted by Gasteiger charge is 2.21. The van der Waals surface area contributed by atoms with E-state index in [0.717, 1.165) is 43.4 Å². The molecule has 1 saturated carbocycles. The van der Waals surface area contributed by atoms with Gasteiger partial charge >= 0.3 is 0 Å². The van der Waals surface area contributed by atoms with Crippen LogP contribution in [0.3, 0.4) is 0 Å². The molecule has 7 nitrogen and oxygen atoms in total. The van der Waals surface area contributed by atoms with Crippen LogP contribution in [-0.4, -0.2) is 32.6 Å². The highest BCUT2D eigenvalue weighted by atomic mass is 32.2.